The van der Waals surface area contributed by atoms with Gasteiger partial charge in [-0.25, -0.2) is 0 Å². The highest BCUT2D eigenvalue weighted by molar-refractivity contribution is 5.64. The topological polar surface area (TPSA) is 87.9 Å². The maximum Gasteiger partial charge on any atom is 0.246 e. The van der Waals surface area contributed by atoms with Crippen LogP contribution in [-0.4, -0.2) is 37.6 Å². The molecule has 0 spiro atoms. The summed E-state index contributed by atoms with van der Waals surface area (Å²) >= 11 is 0. The van der Waals surface area contributed by atoms with Gasteiger partial charge in [-0.3, -0.25) is 0 Å². The van der Waals surface area contributed by atoms with Crippen molar-refractivity contribution in [2.75, 3.05) is 32.8 Å². The number of benzene rings is 2. The predicted octanol–water partition coefficient (Wildman–Crippen LogP) is 3.14. The number of methoxy groups -OCH3 is 2. The molecule has 1 aromatic heterocycles. The van der Waals surface area contributed by atoms with Crippen molar-refractivity contribution in [3.8, 4) is 34.4 Å². The minimum atomic E-state index is 0.361. The molecule has 0 fully saturated rings. The number of ether oxygens (including phenoxy) is 4. The first kappa shape index (κ1) is 17.0. The Morgan fingerprint density at radius 3 is 2.74 bits per heavy atom. The van der Waals surface area contributed by atoms with Crippen LogP contribution < -0.4 is 24.3 Å². The molecule has 4 rings (SSSR count). The van der Waals surface area contributed by atoms with Crippen molar-refractivity contribution in [2.45, 2.75) is 6.54 Å². The first-order valence-electron chi connectivity index (χ1n) is 8.46. The van der Waals surface area contributed by atoms with Gasteiger partial charge in [-0.15, -0.1) is 0 Å². The Morgan fingerprint density at radius 1 is 1.04 bits per heavy atom. The Labute approximate surface area is 156 Å². The summed E-state index contributed by atoms with van der Waals surface area (Å²) in [5, 5.41) is 7.29. The van der Waals surface area contributed by atoms with Crippen molar-refractivity contribution >= 4 is 5.69 Å². The molecule has 1 aliphatic heterocycles. The monoisotopic (exact) mass is 369 g/mol. The third kappa shape index (κ3) is 3.46. The van der Waals surface area contributed by atoms with E-state index in [2.05, 4.69) is 15.5 Å². The summed E-state index contributed by atoms with van der Waals surface area (Å²) in [7, 11) is 3.17. The van der Waals surface area contributed by atoms with Gasteiger partial charge in [0.15, 0.2) is 23.0 Å². The van der Waals surface area contributed by atoms with Gasteiger partial charge in [0.05, 0.1) is 26.5 Å². The van der Waals surface area contributed by atoms with Crippen molar-refractivity contribution in [1.29, 1.82) is 0 Å². The smallest absolute Gasteiger partial charge is 0.246 e. The van der Waals surface area contributed by atoms with Crippen LogP contribution in [0.5, 0.6) is 23.0 Å². The molecule has 2 aromatic carbocycles. The molecule has 8 heteroatoms. The fourth-order valence-corrected chi connectivity index (χ4v) is 2.80. The fourth-order valence-electron chi connectivity index (χ4n) is 2.80. The second kappa shape index (κ2) is 7.45. The van der Waals surface area contributed by atoms with Crippen LogP contribution in [0.4, 0.5) is 5.69 Å². The van der Waals surface area contributed by atoms with Crippen molar-refractivity contribution in [3.05, 3.63) is 42.3 Å². The number of fused-ring (bicyclic) bond motifs is 1. The Balaban J connectivity index is 1.49. The lowest BCUT2D eigenvalue weighted by molar-refractivity contribution is 0.172. The van der Waals surface area contributed by atoms with Crippen molar-refractivity contribution in [1.82, 2.24) is 10.1 Å². The standard InChI is InChI=1S/C19H19N3O5/c1-23-14-7-6-12(10-16(14)24-2)19-21-17(27-22-19)11-20-13-4-3-5-15-18(13)26-9-8-25-15/h3-7,10,20H,8-9,11H2,1-2H3. The van der Waals surface area contributed by atoms with Crippen LogP contribution in [0.25, 0.3) is 11.4 Å². The van der Waals surface area contributed by atoms with Crippen LogP contribution in [0.15, 0.2) is 40.9 Å². The van der Waals surface area contributed by atoms with E-state index in [0.717, 1.165) is 17.0 Å². The second-order valence-electron chi connectivity index (χ2n) is 5.76. The lowest BCUT2D eigenvalue weighted by Crippen LogP contribution is -2.16. The number of rotatable bonds is 6. The number of hydrogen-bond acceptors (Lipinski definition) is 8. The van der Waals surface area contributed by atoms with Crippen LogP contribution in [0.1, 0.15) is 5.89 Å². The first-order valence-corrected chi connectivity index (χ1v) is 8.46. The van der Waals surface area contributed by atoms with E-state index >= 15 is 0 Å². The highest BCUT2D eigenvalue weighted by Gasteiger charge is 2.17. The zero-order valence-electron chi connectivity index (χ0n) is 15.0. The molecule has 0 atom stereocenters. The van der Waals surface area contributed by atoms with Crippen molar-refractivity contribution in [2.24, 2.45) is 0 Å². The maximum absolute atomic E-state index is 5.68. The molecule has 0 radical (unpaired) electrons. The molecule has 0 bridgehead atoms. The maximum atomic E-state index is 5.68. The van der Waals surface area contributed by atoms with Crippen molar-refractivity contribution < 1.29 is 23.5 Å². The third-order valence-electron chi connectivity index (χ3n) is 4.11. The summed E-state index contributed by atoms with van der Waals surface area (Å²) < 4.78 is 27.2. The van der Waals surface area contributed by atoms with Crippen LogP contribution in [0, 0.1) is 0 Å². The second-order valence-corrected chi connectivity index (χ2v) is 5.76. The average molecular weight is 369 g/mol. The fraction of sp³-hybridized carbons (Fsp3) is 0.263. The zero-order valence-corrected chi connectivity index (χ0v) is 15.0. The van der Waals surface area contributed by atoms with Gasteiger partial charge in [0.2, 0.25) is 11.7 Å². The lowest BCUT2D eigenvalue weighted by atomic mass is 10.2. The molecule has 1 N–H and O–H groups in total. The average Bonchev–Trinajstić information content (AvgIpc) is 3.20. The number of anilines is 1. The van der Waals surface area contributed by atoms with E-state index < -0.39 is 0 Å². The number of aromatic nitrogens is 2. The van der Waals surface area contributed by atoms with E-state index in [-0.39, 0.29) is 0 Å². The Morgan fingerprint density at radius 2 is 1.89 bits per heavy atom. The zero-order chi connectivity index (χ0) is 18.6. The normalized spacial score (nSPS) is 12.5. The predicted molar refractivity (Wildman–Crippen MR) is 97.6 cm³/mol. The summed E-state index contributed by atoms with van der Waals surface area (Å²) in [4.78, 5) is 4.43. The van der Waals surface area contributed by atoms with Crippen LogP contribution in [0.3, 0.4) is 0 Å². The molecule has 2 heterocycles. The molecular formula is C19H19N3O5. The molecule has 3 aromatic rings. The minimum Gasteiger partial charge on any atom is -0.493 e. The molecule has 0 aliphatic carbocycles. The number of nitrogens with zero attached hydrogens (tertiary/aromatic N) is 2. The van der Waals surface area contributed by atoms with Gasteiger partial charge in [0.1, 0.15) is 13.2 Å². The Bertz CT molecular complexity index is 941. The molecule has 1 aliphatic rings. The van der Waals surface area contributed by atoms with E-state index in [1.54, 1.807) is 26.4 Å². The summed E-state index contributed by atoms with van der Waals surface area (Å²) in [5.41, 5.74) is 1.59. The van der Waals surface area contributed by atoms with Gasteiger partial charge in [-0.05, 0) is 30.3 Å². The van der Waals surface area contributed by atoms with Gasteiger partial charge in [0, 0.05) is 5.56 Å². The van der Waals surface area contributed by atoms with Gasteiger partial charge in [-0.1, -0.05) is 11.2 Å². The summed E-state index contributed by atoms with van der Waals surface area (Å²) in [6, 6.07) is 11.2. The Hall–Kier alpha value is -3.42. The minimum absolute atomic E-state index is 0.361. The SMILES string of the molecule is COc1ccc(-c2noc(CNc3cccc4c3OCCO4)n2)cc1OC. The number of hydrogen-bond donors (Lipinski definition) is 1. The quantitative estimate of drug-likeness (QED) is 0.709. The largest absolute Gasteiger partial charge is 0.493 e. The molecule has 0 saturated heterocycles. The molecule has 27 heavy (non-hydrogen) atoms. The molecular weight excluding hydrogens is 350 g/mol. The van der Waals surface area contributed by atoms with Crippen LogP contribution in [0.2, 0.25) is 0 Å². The van der Waals surface area contributed by atoms with Crippen LogP contribution >= 0.6 is 0 Å². The summed E-state index contributed by atoms with van der Waals surface area (Å²) in [6.45, 7) is 1.44. The Kier molecular flexibility index (Phi) is 4.69. The first-order chi connectivity index (χ1) is 13.3. The molecule has 0 saturated carbocycles. The van der Waals surface area contributed by atoms with Gasteiger partial charge in [-0.2, -0.15) is 4.98 Å². The number of para-hydroxylation sites is 1. The molecule has 0 amide bonds. The molecule has 0 unspecified atom stereocenters. The van der Waals surface area contributed by atoms with E-state index in [4.69, 9.17) is 23.5 Å². The van der Waals surface area contributed by atoms with Crippen LogP contribution in [-0.2, 0) is 6.54 Å². The third-order valence-corrected chi connectivity index (χ3v) is 4.11. The lowest BCUT2D eigenvalue weighted by Gasteiger charge is -2.21. The summed E-state index contributed by atoms with van der Waals surface area (Å²) in [5.74, 6) is 3.60. The van der Waals surface area contributed by atoms with Gasteiger partial charge in [0.25, 0.3) is 0 Å². The summed E-state index contributed by atoms with van der Waals surface area (Å²) in [6.07, 6.45) is 0. The van der Waals surface area contributed by atoms with Gasteiger partial charge < -0.3 is 28.8 Å². The number of nitrogens with one attached hydrogen (secondary N) is 1. The van der Waals surface area contributed by atoms with E-state index in [1.165, 1.54) is 0 Å². The highest BCUT2D eigenvalue weighted by Crippen LogP contribution is 2.37. The molecule has 140 valence electrons. The van der Waals surface area contributed by atoms with E-state index in [0.29, 0.717) is 48.7 Å². The van der Waals surface area contributed by atoms with Crippen molar-refractivity contribution in [3.63, 3.8) is 0 Å². The van der Waals surface area contributed by atoms with E-state index in [9.17, 15) is 0 Å². The van der Waals surface area contributed by atoms with E-state index in [1.807, 2.05) is 24.3 Å². The molecule has 8 nitrogen and oxygen atoms in total. The highest BCUT2D eigenvalue weighted by atomic mass is 16.6. The van der Waals surface area contributed by atoms with Gasteiger partial charge >= 0.3 is 0 Å².